The summed E-state index contributed by atoms with van der Waals surface area (Å²) in [5.41, 5.74) is 5.02. The average Bonchev–Trinajstić information content (AvgIpc) is 3.42. The largest absolute Gasteiger partial charge is 0.348 e. The monoisotopic (exact) mass is 450 g/mol. The molecule has 2 aromatic heterocycles. The molecule has 1 atom stereocenters. The lowest BCUT2D eigenvalue weighted by Gasteiger charge is -2.15. The molecule has 32 heavy (non-hydrogen) atoms. The maximum atomic E-state index is 13.3. The van der Waals surface area contributed by atoms with Crippen molar-refractivity contribution in [3.8, 4) is 0 Å². The molecule has 0 saturated heterocycles. The van der Waals surface area contributed by atoms with Gasteiger partial charge in [-0.3, -0.25) is 14.3 Å². The number of allylic oxidation sites excluding steroid dienone is 1. The van der Waals surface area contributed by atoms with Gasteiger partial charge in [-0.05, 0) is 61.9 Å². The first-order valence-corrected chi connectivity index (χ1v) is 12.2. The van der Waals surface area contributed by atoms with Crippen LogP contribution in [0.1, 0.15) is 71.9 Å². The fourth-order valence-electron chi connectivity index (χ4n) is 4.29. The molecule has 4 rings (SSSR count). The fraction of sp³-hybridized carbons (Fsp3) is 0.400. The molecule has 2 N–H and O–H groups in total. The van der Waals surface area contributed by atoms with E-state index in [1.807, 2.05) is 23.7 Å². The predicted octanol–water partition coefficient (Wildman–Crippen LogP) is 4.84. The first-order chi connectivity index (χ1) is 15.4. The average molecular weight is 451 g/mol. The molecule has 3 heterocycles. The van der Waals surface area contributed by atoms with Crippen molar-refractivity contribution >= 4 is 28.6 Å². The number of thioether (sulfide) groups is 1. The van der Waals surface area contributed by atoms with Crippen LogP contribution in [0.25, 0.3) is 10.9 Å². The number of rotatable bonds is 7. The van der Waals surface area contributed by atoms with Crippen molar-refractivity contribution in [1.82, 2.24) is 20.1 Å². The van der Waals surface area contributed by atoms with Crippen molar-refractivity contribution < 1.29 is 4.79 Å². The van der Waals surface area contributed by atoms with Crippen LogP contribution in [0.15, 0.2) is 40.7 Å². The van der Waals surface area contributed by atoms with Gasteiger partial charge in [-0.1, -0.05) is 19.4 Å². The van der Waals surface area contributed by atoms with E-state index in [-0.39, 0.29) is 30.0 Å². The molecule has 7 heteroatoms. The molecule has 1 aliphatic rings. The third-order valence-corrected chi connectivity index (χ3v) is 6.79. The second-order valence-corrected chi connectivity index (χ2v) is 9.61. The highest BCUT2D eigenvalue weighted by Crippen LogP contribution is 2.33. The summed E-state index contributed by atoms with van der Waals surface area (Å²) < 4.78 is 1.96. The third kappa shape index (κ3) is 4.39. The van der Waals surface area contributed by atoms with Crippen LogP contribution in [-0.2, 0) is 13.0 Å². The first-order valence-electron chi connectivity index (χ1n) is 11.2. The normalized spacial score (nSPS) is 15.7. The Labute approximate surface area is 192 Å². The summed E-state index contributed by atoms with van der Waals surface area (Å²) in [6.07, 6.45) is 5.71. The Balaban J connectivity index is 1.69. The Morgan fingerprint density at radius 3 is 2.84 bits per heavy atom. The van der Waals surface area contributed by atoms with Gasteiger partial charge in [0.05, 0.1) is 17.3 Å². The zero-order valence-corrected chi connectivity index (χ0v) is 19.9. The number of aromatic nitrogens is 3. The maximum absolute atomic E-state index is 13.3. The van der Waals surface area contributed by atoms with Crippen molar-refractivity contribution in [2.45, 2.75) is 59.0 Å². The maximum Gasteiger partial charge on any atom is 0.253 e. The first kappa shape index (κ1) is 22.4. The summed E-state index contributed by atoms with van der Waals surface area (Å²) in [7, 11) is 0. The molecule has 0 aliphatic carbocycles. The number of carbonyl (C=O) groups excluding carboxylic acids is 1. The summed E-state index contributed by atoms with van der Waals surface area (Å²) in [6, 6.07) is 6.33. The molecule has 1 unspecified atom stereocenters. The number of nitrogens with one attached hydrogen (secondary N) is 2. The second-order valence-electron chi connectivity index (χ2n) is 8.67. The Hall–Kier alpha value is -2.80. The van der Waals surface area contributed by atoms with Gasteiger partial charge in [0.2, 0.25) is 0 Å². The lowest BCUT2D eigenvalue weighted by Crippen LogP contribution is -2.28. The zero-order chi connectivity index (χ0) is 22.8. The number of hydrogen-bond donors (Lipinski definition) is 2. The quantitative estimate of drug-likeness (QED) is 0.540. The molecule has 1 amide bonds. The second kappa shape index (κ2) is 9.36. The molecule has 0 saturated carbocycles. The van der Waals surface area contributed by atoms with Crippen LogP contribution >= 0.6 is 11.8 Å². The SMILES string of the molecule is CCCc1cc(C)[nH]c(=O)c1CNC(=O)c1cc(C2C=CSC2)cc2c1cnn2C(C)C. The summed E-state index contributed by atoms with van der Waals surface area (Å²) in [5.74, 6) is 1.07. The van der Waals surface area contributed by atoms with E-state index < -0.39 is 0 Å². The molecule has 3 aromatic rings. The molecule has 0 spiro atoms. The number of amides is 1. The number of benzene rings is 1. The molecule has 1 aromatic carbocycles. The molecule has 0 radical (unpaired) electrons. The van der Waals surface area contributed by atoms with Crippen LogP contribution in [0, 0.1) is 6.92 Å². The number of nitrogens with zero attached hydrogens (tertiary/aromatic N) is 2. The molecule has 168 valence electrons. The summed E-state index contributed by atoms with van der Waals surface area (Å²) in [5, 5.41) is 10.5. The van der Waals surface area contributed by atoms with Crippen molar-refractivity contribution in [3.05, 3.63) is 74.2 Å². The smallest absolute Gasteiger partial charge is 0.253 e. The summed E-state index contributed by atoms with van der Waals surface area (Å²) >= 11 is 1.78. The van der Waals surface area contributed by atoms with E-state index in [4.69, 9.17) is 0 Å². The number of H-pyrrole nitrogens is 1. The fourth-order valence-corrected chi connectivity index (χ4v) is 5.21. The van der Waals surface area contributed by atoms with Crippen molar-refractivity contribution in [1.29, 1.82) is 0 Å². The topological polar surface area (TPSA) is 79.8 Å². The number of hydrogen-bond acceptors (Lipinski definition) is 4. The van der Waals surface area contributed by atoms with Crippen LogP contribution in [0.3, 0.4) is 0 Å². The number of fused-ring (bicyclic) bond motifs is 1. The number of carbonyl (C=O) groups is 1. The van der Waals surface area contributed by atoms with Gasteiger partial charge in [-0.15, -0.1) is 11.8 Å². The lowest BCUT2D eigenvalue weighted by molar-refractivity contribution is 0.0952. The standard InChI is InChI=1S/C25H30N4O2S/c1-5-6-17-9-16(4)28-25(31)21(17)12-26-24(30)20-10-19(18-7-8-32-14-18)11-23-22(20)13-27-29(23)15(2)3/h7-11,13,15,18H,5-6,12,14H2,1-4H3,(H,26,30)(H,28,31). The molecular formula is C25H30N4O2S. The van der Waals surface area contributed by atoms with Gasteiger partial charge in [-0.2, -0.15) is 5.10 Å². The minimum absolute atomic E-state index is 0.131. The van der Waals surface area contributed by atoms with Crippen molar-refractivity contribution in [3.63, 3.8) is 0 Å². The van der Waals surface area contributed by atoms with Crippen LogP contribution in [-0.4, -0.2) is 26.4 Å². The Morgan fingerprint density at radius 1 is 1.34 bits per heavy atom. The molecule has 0 fully saturated rings. The molecule has 1 aliphatic heterocycles. The zero-order valence-electron chi connectivity index (χ0n) is 19.1. The van der Waals surface area contributed by atoms with Crippen LogP contribution in [0.5, 0.6) is 0 Å². The minimum Gasteiger partial charge on any atom is -0.348 e. The van der Waals surface area contributed by atoms with Gasteiger partial charge >= 0.3 is 0 Å². The summed E-state index contributed by atoms with van der Waals surface area (Å²) in [4.78, 5) is 28.8. The third-order valence-electron chi connectivity index (χ3n) is 5.89. The minimum atomic E-state index is -0.183. The Morgan fingerprint density at radius 2 is 2.16 bits per heavy atom. The van der Waals surface area contributed by atoms with Gasteiger partial charge < -0.3 is 10.3 Å². The van der Waals surface area contributed by atoms with E-state index in [0.717, 1.165) is 46.3 Å². The van der Waals surface area contributed by atoms with E-state index in [2.05, 4.69) is 53.7 Å². The lowest BCUT2D eigenvalue weighted by atomic mass is 9.96. The van der Waals surface area contributed by atoms with Gasteiger partial charge in [0.15, 0.2) is 0 Å². The van der Waals surface area contributed by atoms with E-state index >= 15 is 0 Å². The van der Waals surface area contributed by atoms with Crippen LogP contribution in [0.4, 0.5) is 0 Å². The van der Waals surface area contributed by atoms with Crippen molar-refractivity contribution in [2.75, 3.05) is 5.75 Å². The molecule has 6 nitrogen and oxygen atoms in total. The molecular weight excluding hydrogens is 420 g/mol. The highest BCUT2D eigenvalue weighted by molar-refractivity contribution is 8.02. The summed E-state index contributed by atoms with van der Waals surface area (Å²) in [6.45, 7) is 8.34. The highest BCUT2D eigenvalue weighted by atomic mass is 32.2. The number of aryl methyl sites for hydroxylation is 2. The molecule has 0 bridgehead atoms. The van der Waals surface area contributed by atoms with Gasteiger partial charge in [0.25, 0.3) is 11.5 Å². The van der Waals surface area contributed by atoms with Gasteiger partial charge in [0, 0.05) is 40.9 Å². The highest BCUT2D eigenvalue weighted by Gasteiger charge is 2.21. The number of pyridine rings is 1. The van der Waals surface area contributed by atoms with E-state index in [1.54, 1.807) is 18.0 Å². The van der Waals surface area contributed by atoms with Crippen LogP contribution in [0.2, 0.25) is 0 Å². The number of aromatic amines is 1. The van der Waals surface area contributed by atoms with E-state index in [9.17, 15) is 9.59 Å². The Kier molecular flexibility index (Phi) is 6.55. The van der Waals surface area contributed by atoms with Gasteiger partial charge in [-0.25, -0.2) is 0 Å². The van der Waals surface area contributed by atoms with Crippen LogP contribution < -0.4 is 10.9 Å². The van der Waals surface area contributed by atoms with E-state index in [0.29, 0.717) is 11.1 Å². The van der Waals surface area contributed by atoms with Gasteiger partial charge in [0.1, 0.15) is 0 Å². The van der Waals surface area contributed by atoms with E-state index in [1.165, 1.54) is 0 Å². The Bertz CT molecular complexity index is 1240. The predicted molar refractivity (Wildman–Crippen MR) is 131 cm³/mol. The van der Waals surface area contributed by atoms with Crippen molar-refractivity contribution in [2.24, 2.45) is 0 Å².